The Balaban J connectivity index is 4.26. The van der Waals surface area contributed by atoms with Crippen LogP contribution in [-0.2, 0) is 4.79 Å². The maximum atomic E-state index is 12.2. The smallest absolute Gasteiger partial charge is 0.255 e. The normalized spacial score (nSPS) is 13.2. The Kier molecular flexibility index (Phi) is 7.16. The van der Waals surface area contributed by atoms with Crippen molar-refractivity contribution in [3.63, 3.8) is 0 Å². The van der Waals surface area contributed by atoms with Crippen molar-refractivity contribution in [2.45, 2.75) is 32.7 Å². The predicted molar refractivity (Wildman–Crippen MR) is 57.1 cm³/mol. The third kappa shape index (κ3) is 5.97. The van der Waals surface area contributed by atoms with Gasteiger partial charge in [0.05, 0.1) is 13.2 Å². The Bertz CT molecular complexity index is 213. The summed E-state index contributed by atoms with van der Waals surface area (Å²) in [4.78, 5) is 12.5. The summed E-state index contributed by atoms with van der Waals surface area (Å²) in [7, 11) is 0. The second kappa shape index (κ2) is 7.51. The first-order chi connectivity index (χ1) is 7.38. The lowest BCUT2D eigenvalue weighted by Gasteiger charge is -2.24. The maximum absolute atomic E-state index is 12.2. The minimum atomic E-state index is -2.59. The molecule has 0 saturated carbocycles. The van der Waals surface area contributed by atoms with Gasteiger partial charge in [-0.2, -0.15) is 0 Å². The molecule has 0 bridgehead atoms. The average Bonchev–Trinajstić information content (AvgIpc) is 2.16. The fourth-order valence-electron chi connectivity index (χ4n) is 1.17. The van der Waals surface area contributed by atoms with Gasteiger partial charge in [-0.1, -0.05) is 13.8 Å². The second-order valence-corrected chi connectivity index (χ2v) is 4.07. The number of carbonyl (C=O) groups is 1. The minimum absolute atomic E-state index is 0.0321. The third-order valence-corrected chi connectivity index (χ3v) is 2.35. The van der Waals surface area contributed by atoms with Crippen molar-refractivity contribution in [1.29, 1.82) is 0 Å². The zero-order valence-corrected chi connectivity index (χ0v) is 9.70. The summed E-state index contributed by atoms with van der Waals surface area (Å²) < 4.78 is 24.3. The fourth-order valence-corrected chi connectivity index (χ4v) is 1.17. The van der Waals surface area contributed by atoms with Gasteiger partial charge in [-0.3, -0.25) is 4.79 Å². The summed E-state index contributed by atoms with van der Waals surface area (Å²) in [5.41, 5.74) is 5.68. The molecule has 0 aromatic rings. The Morgan fingerprint density at radius 1 is 1.44 bits per heavy atom. The molecule has 0 aromatic carbocycles. The number of hydrogen-bond acceptors (Lipinski definition) is 3. The van der Waals surface area contributed by atoms with E-state index in [1.807, 2.05) is 13.8 Å². The van der Waals surface area contributed by atoms with Crippen molar-refractivity contribution in [2.75, 3.05) is 19.7 Å². The van der Waals surface area contributed by atoms with Crippen LogP contribution in [0.15, 0.2) is 0 Å². The van der Waals surface area contributed by atoms with Crippen molar-refractivity contribution >= 4 is 5.91 Å². The summed E-state index contributed by atoms with van der Waals surface area (Å²) in [5, 5.41) is 8.67. The molecule has 1 atom stereocenters. The molecule has 0 aliphatic rings. The Morgan fingerprint density at radius 2 is 2.00 bits per heavy atom. The Morgan fingerprint density at radius 3 is 2.38 bits per heavy atom. The van der Waals surface area contributed by atoms with Crippen molar-refractivity contribution in [3.8, 4) is 0 Å². The zero-order valence-electron chi connectivity index (χ0n) is 9.70. The van der Waals surface area contributed by atoms with Gasteiger partial charge in [-0.15, -0.1) is 0 Å². The highest BCUT2D eigenvalue weighted by Crippen LogP contribution is 2.07. The highest BCUT2D eigenvalue weighted by atomic mass is 19.3. The molecule has 0 saturated heterocycles. The van der Waals surface area contributed by atoms with E-state index in [0.29, 0.717) is 0 Å². The number of carbonyl (C=O) groups excluding carboxylic acids is 1. The molecule has 0 aliphatic heterocycles. The van der Waals surface area contributed by atoms with Crippen molar-refractivity contribution in [1.82, 2.24) is 4.90 Å². The van der Waals surface area contributed by atoms with E-state index in [2.05, 4.69) is 0 Å². The van der Waals surface area contributed by atoms with E-state index in [-0.39, 0.29) is 31.5 Å². The van der Waals surface area contributed by atoms with Crippen LogP contribution in [0.5, 0.6) is 0 Å². The molecule has 1 unspecified atom stereocenters. The molecule has 0 radical (unpaired) electrons. The van der Waals surface area contributed by atoms with E-state index in [9.17, 15) is 13.6 Å². The molecule has 0 aromatic heterocycles. The van der Waals surface area contributed by atoms with Gasteiger partial charge in [0, 0.05) is 19.0 Å². The lowest BCUT2D eigenvalue weighted by molar-refractivity contribution is -0.134. The van der Waals surface area contributed by atoms with Gasteiger partial charge in [-0.05, 0) is 5.92 Å². The summed E-state index contributed by atoms with van der Waals surface area (Å²) >= 11 is 0. The Labute approximate surface area is 94.4 Å². The SMILES string of the molecule is CC(C)C(N)CC(=O)N(CCO)CC(F)F. The summed E-state index contributed by atoms with van der Waals surface area (Å²) in [5.74, 6) is -0.318. The standard InChI is InChI=1S/C10H20F2N2O2/c1-7(2)8(13)5-10(16)14(3-4-15)6-9(11)12/h7-9,15H,3-6,13H2,1-2H3. The quantitative estimate of drug-likeness (QED) is 0.676. The first-order valence-corrected chi connectivity index (χ1v) is 5.30. The van der Waals surface area contributed by atoms with Gasteiger partial charge in [0.15, 0.2) is 0 Å². The average molecular weight is 238 g/mol. The van der Waals surface area contributed by atoms with Crippen LogP contribution < -0.4 is 5.73 Å². The molecule has 0 spiro atoms. The van der Waals surface area contributed by atoms with Gasteiger partial charge in [0.2, 0.25) is 5.91 Å². The highest BCUT2D eigenvalue weighted by Gasteiger charge is 2.21. The van der Waals surface area contributed by atoms with E-state index < -0.39 is 18.9 Å². The molecule has 0 heterocycles. The van der Waals surface area contributed by atoms with E-state index in [0.717, 1.165) is 4.90 Å². The third-order valence-electron chi connectivity index (χ3n) is 2.35. The van der Waals surface area contributed by atoms with Crippen LogP contribution in [0.4, 0.5) is 8.78 Å². The fraction of sp³-hybridized carbons (Fsp3) is 0.900. The number of nitrogens with zero attached hydrogens (tertiary/aromatic N) is 1. The zero-order chi connectivity index (χ0) is 12.7. The number of rotatable bonds is 7. The number of halogens is 2. The largest absolute Gasteiger partial charge is 0.395 e. The molecular formula is C10H20F2N2O2. The number of hydrogen-bond donors (Lipinski definition) is 2. The molecule has 1 amide bonds. The van der Waals surface area contributed by atoms with Crippen LogP contribution in [0.25, 0.3) is 0 Å². The topological polar surface area (TPSA) is 66.6 Å². The summed E-state index contributed by atoms with van der Waals surface area (Å²) in [6.07, 6.45) is -2.56. The van der Waals surface area contributed by atoms with Gasteiger partial charge < -0.3 is 15.7 Å². The molecule has 3 N–H and O–H groups in total. The van der Waals surface area contributed by atoms with Gasteiger partial charge in [-0.25, -0.2) is 8.78 Å². The summed E-state index contributed by atoms with van der Waals surface area (Å²) in [6.45, 7) is 2.68. The van der Waals surface area contributed by atoms with E-state index >= 15 is 0 Å². The molecule has 4 nitrogen and oxygen atoms in total. The molecule has 0 fully saturated rings. The summed E-state index contributed by atoms with van der Waals surface area (Å²) in [6, 6.07) is -0.341. The number of alkyl halides is 2. The van der Waals surface area contributed by atoms with Crippen molar-refractivity contribution < 1.29 is 18.7 Å². The van der Waals surface area contributed by atoms with Crippen LogP contribution >= 0.6 is 0 Å². The molecule has 96 valence electrons. The molecule has 0 aliphatic carbocycles. The van der Waals surface area contributed by atoms with Crippen LogP contribution in [0.2, 0.25) is 0 Å². The predicted octanol–water partition coefficient (Wildman–Crippen LogP) is 0.446. The van der Waals surface area contributed by atoms with E-state index in [4.69, 9.17) is 10.8 Å². The minimum Gasteiger partial charge on any atom is -0.395 e. The maximum Gasteiger partial charge on any atom is 0.255 e. The Hall–Kier alpha value is -0.750. The number of aliphatic hydroxyl groups is 1. The lowest BCUT2D eigenvalue weighted by atomic mass is 10.0. The van der Waals surface area contributed by atoms with E-state index in [1.165, 1.54) is 0 Å². The molecule has 6 heteroatoms. The molecule has 16 heavy (non-hydrogen) atoms. The van der Waals surface area contributed by atoms with Crippen molar-refractivity contribution in [2.24, 2.45) is 11.7 Å². The van der Waals surface area contributed by atoms with Gasteiger partial charge >= 0.3 is 0 Å². The van der Waals surface area contributed by atoms with E-state index in [1.54, 1.807) is 0 Å². The van der Waals surface area contributed by atoms with Crippen LogP contribution in [0.1, 0.15) is 20.3 Å². The van der Waals surface area contributed by atoms with Gasteiger partial charge in [0.1, 0.15) is 0 Å². The number of nitrogens with two attached hydrogens (primary N) is 1. The van der Waals surface area contributed by atoms with Crippen LogP contribution in [0.3, 0.4) is 0 Å². The number of amides is 1. The lowest BCUT2D eigenvalue weighted by Crippen LogP contribution is -2.41. The van der Waals surface area contributed by atoms with Gasteiger partial charge in [0.25, 0.3) is 6.43 Å². The van der Waals surface area contributed by atoms with Crippen LogP contribution in [0, 0.1) is 5.92 Å². The molecule has 0 rings (SSSR count). The molecular weight excluding hydrogens is 218 g/mol. The van der Waals surface area contributed by atoms with Crippen molar-refractivity contribution in [3.05, 3.63) is 0 Å². The van der Waals surface area contributed by atoms with Crippen LogP contribution in [-0.4, -0.2) is 48.1 Å². The number of aliphatic hydroxyl groups excluding tert-OH is 1. The monoisotopic (exact) mass is 238 g/mol. The highest BCUT2D eigenvalue weighted by molar-refractivity contribution is 5.76. The first kappa shape index (κ1) is 15.2. The second-order valence-electron chi connectivity index (χ2n) is 4.07. The first-order valence-electron chi connectivity index (χ1n) is 5.30.